The summed E-state index contributed by atoms with van der Waals surface area (Å²) in [5, 5.41) is 0. The summed E-state index contributed by atoms with van der Waals surface area (Å²) in [6.07, 6.45) is 4.37. The Morgan fingerprint density at radius 1 is 0.778 bits per heavy atom. The Labute approximate surface area is 156 Å². The van der Waals surface area contributed by atoms with Crippen molar-refractivity contribution in [1.82, 2.24) is 0 Å². The lowest BCUT2D eigenvalue weighted by Gasteiger charge is -2.06. The van der Waals surface area contributed by atoms with Gasteiger partial charge in [-0.25, -0.2) is 22.0 Å². The lowest BCUT2D eigenvalue weighted by Crippen LogP contribution is -1.97. The van der Waals surface area contributed by atoms with Crippen LogP contribution in [0.4, 0.5) is 22.0 Å². The number of aryl methyl sites for hydroxylation is 2. The molecule has 0 atom stereocenters. The van der Waals surface area contributed by atoms with Gasteiger partial charge in [-0.05, 0) is 42.5 Å². The fourth-order valence-corrected chi connectivity index (χ4v) is 2.83. The van der Waals surface area contributed by atoms with Gasteiger partial charge in [0.15, 0.2) is 23.3 Å². The molecular formula is C22H23F5. The molecule has 0 aliphatic heterocycles. The monoisotopic (exact) mass is 382 g/mol. The average molecular weight is 382 g/mol. The van der Waals surface area contributed by atoms with E-state index in [1.807, 2.05) is 0 Å². The third kappa shape index (κ3) is 6.19. The van der Waals surface area contributed by atoms with Crippen molar-refractivity contribution in [3.8, 4) is 0 Å². The predicted octanol–water partition coefficient (Wildman–Crippen LogP) is 7.47. The molecular weight excluding hydrogens is 359 g/mol. The van der Waals surface area contributed by atoms with Crippen molar-refractivity contribution in [3.05, 3.63) is 76.4 Å². The first-order valence-corrected chi connectivity index (χ1v) is 9.19. The molecule has 0 aromatic heterocycles. The van der Waals surface area contributed by atoms with Crippen LogP contribution in [-0.4, -0.2) is 0 Å². The van der Waals surface area contributed by atoms with Crippen LogP contribution in [0.1, 0.15) is 55.7 Å². The highest BCUT2D eigenvalue weighted by Gasteiger charge is 2.11. The van der Waals surface area contributed by atoms with E-state index in [4.69, 9.17) is 0 Å². The minimum atomic E-state index is -1.48. The molecule has 0 saturated heterocycles. The Morgan fingerprint density at radius 2 is 1.37 bits per heavy atom. The van der Waals surface area contributed by atoms with E-state index in [-0.39, 0.29) is 12.0 Å². The lowest BCUT2D eigenvalue weighted by atomic mass is 10.0. The van der Waals surface area contributed by atoms with E-state index in [0.29, 0.717) is 24.8 Å². The summed E-state index contributed by atoms with van der Waals surface area (Å²) < 4.78 is 67.4. The minimum absolute atomic E-state index is 0.0925. The minimum Gasteiger partial charge on any atom is -0.209 e. The van der Waals surface area contributed by atoms with E-state index >= 15 is 0 Å². The zero-order chi connectivity index (χ0) is 19.8. The molecule has 27 heavy (non-hydrogen) atoms. The Hall–Kier alpha value is -2.17. The van der Waals surface area contributed by atoms with Gasteiger partial charge < -0.3 is 0 Å². The standard InChI is InChI=1S/C22H23F5/c1-2-3-4-5-6-18(23)21(26)17-11-9-15(10-12-17)7-8-16-13-19(24)22(27)20(25)14-16/h9-14H,2-8H2,1H3/b21-18+. The van der Waals surface area contributed by atoms with Crippen LogP contribution < -0.4 is 0 Å². The van der Waals surface area contributed by atoms with Crippen molar-refractivity contribution in [1.29, 1.82) is 0 Å². The molecule has 2 rings (SSSR count). The number of hydrogen-bond acceptors (Lipinski definition) is 0. The normalized spacial score (nSPS) is 12.2. The third-order valence-electron chi connectivity index (χ3n) is 4.44. The molecule has 0 aliphatic carbocycles. The molecule has 0 amide bonds. The second-order valence-corrected chi connectivity index (χ2v) is 6.60. The Balaban J connectivity index is 1.96. The van der Waals surface area contributed by atoms with Crippen LogP contribution in [0.2, 0.25) is 0 Å². The number of allylic oxidation sites excluding steroid dienone is 1. The van der Waals surface area contributed by atoms with Gasteiger partial charge in [-0.1, -0.05) is 50.5 Å². The summed E-state index contributed by atoms with van der Waals surface area (Å²) >= 11 is 0. The van der Waals surface area contributed by atoms with Crippen molar-refractivity contribution < 1.29 is 22.0 Å². The summed E-state index contributed by atoms with van der Waals surface area (Å²) in [5.74, 6) is -5.51. The van der Waals surface area contributed by atoms with Crippen LogP contribution in [0, 0.1) is 17.5 Å². The fraction of sp³-hybridized carbons (Fsp3) is 0.364. The predicted molar refractivity (Wildman–Crippen MR) is 98.1 cm³/mol. The molecule has 0 heterocycles. The Bertz CT molecular complexity index is 755. The highest BCUT2D eigenvalue weighted by molar-refractivity contribution is 5.61. The molecule has 0 saturated carbocycles. The molecule has 0 radical (unpaired) electrons. The van der Waals surface area contributed by atoms with Crippen molar-refractivity contribution in [2.45, 2.75) is 51.9 Å². The smallest absolute Gasteiger partial charge is 0.194 e. The maximum absolute atomic E-state index is 14.1. The fourth-order valence-electron chi connectivity index (χ4n) is 2.83. The largest absolute Gasteiger partial charge is 0.209 e. The summed E-state index contributed by atoms with van der Waals surface area (Å²) in [5.41, 5.74) is 1.31. The summed E-state index contributed by atoms with van der Waals surface area (Å²) in [6.45, 7) is 2.05. The van der Waals surface area contributed by atoms with Crippen molar-refractivity contribution >= 4 is 5.83 Å². The second kappa shape index (κ2) is 10.2. The van der Waals surface area contributed by atoms with Crippen LogP contribution >= 0.6 is 0 Å². The van der Waals surface area contributed by atoms with Crippen molar-refractivity contribution in [2.75, 3.05) is 0 Å². The first-order chi connectivity index (χ1) is 12.9. The van der Waals surface area contributed by atoms with Crippen LogP contribution in [-0.2, 0) is 12.8 Å². The van der Waals surface area contributed by atoms with E-state index in [9.17, 15) is 22.0 Å². The van der Waals surface area contributed by atoms with E-state index in [0.717, 1.165) is 37.0 Å². The molecule has 5 heteroatoms. The number of unbranched alkanes of at least 4 members (excludes halogenated alkanes) is 3. The van der Waals surface area contributed by atoms with Gasteiger partial charge in [0.25, 0.3) is 0 Å². The molecule has 0 unspecified atom stereocenters. The summed E-state index contributed by atoms with van der Waals surface area (Å²) in [7, 11) is 0. The van der Waals surface area contributed by atoms with Crippen LogP contribution in [0.25, 0.3) is 5.83 Å². The van der Waals surface area contributed by atoms with Crippen molar-refractivity contribution in [3.63, 3.8) is 0 Å². The zero-order valence-corrected chi connectivity index (χ0v) is 15.3. The van der Waals surface area contributed by atoms with Gasteiger partial charge in [-0.15, -0.1) is 0 Å². The number of benzene rings is 2. The van der Waals surface area contributed by atoms with E-state index in [1.165, 1.54) is 12.1 Å². The summed E-state index contributed by atoms with van der Waals surface area (Å²) in [6, 6.07) is 8.20. The molecule has 2 aromatic carbocycles. The van der Waals surface area contributed by atoms with Crippen LogP contribution in [0.15, 0.2) is 42.2 Å². The molecule has 0 aliphatic rings. The van der Waals surface area contributed by atoms with Gasteiger partial charge in [0.05, 0.1) is 0 Å². The number of rotatable bonds is 9. The van der Waals surface area contributed by atoms with Gasteiger partial charge in [0, 0.05) is 12.0 Å². The van der Waals surface area contributed by atoms with Gasteiger partial charge >= 0.3 is 0 Å². The molecule has 0 nitrogen and oxygen atoms in total. The Morgan fingerprint density at radius 3 is 1.96 bits per heavy atom. The zero-order valence-electron chi connectivity index (χ0n) is 15.3. The highest BCUT2D eigenvalue weighted by atomic mass is 19.2. The second-order valence-electron chi connectivity index (χ2n) is 6.60. The maximum atomic E-state index is 14.1. The Kier molecular flexibility index (Phi) is 8.01. The molecule has 0 spiro atoms. The van der Waals surface area contributed by atoms with E-state index in [2.05, 4.69) is 6.92 Å². The molecule has 2 aromatic rings. The van der Waals surface area contributed by atoms with E-state index < -0.39 is 29.1 Å². The topological polar surface area (TPSA) is 0 Å². The van der Waals surface area contributed by atoms with Gasteiger partial charge in [-0.3, -0.25) is 0 Å². The first-order valence-electron chi connectivity index (χ1n) is 9.19. The van der Waals surface area contributed by atoms with Crippen LogP contribution in [0.5, 0.6) is 0 Å². The van der Waals surface area contributed by atoms with E-state index in [1.54, 1.807) is 12.1 Å². The maximum Gasteiger partial charge on any atom is 0.194 e. The third-order valence-corrected chi connectivity index (χ3v) is 4.44. The number of hydrogen-bond donors (Lipinski definition) is 0. The quantitative estimate of drug-likeness (QED) is 0.240. The molecule has 0 N–H and O–H groups in total. The average Bonchev–Trinajstić information content (AvgIpc) is 2.67. The molecule has 0 bridgehead atoms. The van der Waals surface area contributed by atoms with Gasteiger partial charge in [-0.2, -0.15) is 0 Å². The molecule has 146 valence electrons. The highest BCUT2D eigenvalue weighted by Crippen LogP contribution is 2.26. The first kappa shape index (κ1) is 21.1. The summed E-state index contributed by atoms with van der Waals surface area (Å²) in [4.78, 5) is 0. The van der Waals surface area contributed by atoms with Gasteiger partial charge in [0.1, 0.15) is 5.83 Å². The lowest BCUT2D eigenvalue weighted by molar-refractivity contribution is 0.445. The van der Waals surface area contributed by atoms with Crippen LogP contribution in [0.3, 0.4) is 0 Å². The number of halogens is 5. The molecule has 0 fully saturated rings. The SMILES string of the molecule is CCCCCC/C(F)=C(\F)c1ccc(CCc2cc(F)c(F)c(F)c2)cc1. The van der Waals surface area contributed by atoms with Crippen molar-refractivity contribution in [2.24, 2.45) is 0 Å². The van der Waals surface area contributed by atoms with Gasteiger partial charge in [0.2, 0.25) is 0 Å².